The predicted molar refractivity (Wildman–Crippen MR) is 152 cm³/mol. The molecule has 0 radical (unpaired) electrons. The second-order valence-corrected chi connectivity index (χ2v) is 8.36. The molecule has 4 aromatic rings. The molecule has 2 amide bonds. The largest absolute Gasteiger partial charge is 0.493 e. The maximum absolute atomic E-state index is 13.3. The van der Waals surface area contributed by atoms with E-state index < -0.39 is 11.8 Å². The van der Waals surface area contributed by atoms with Gasteiger partial charge >= 0.3 is 0 Å². The molecule has 0 bridgehead atoms. The summed E-state index contributed by atoms with van der Waals surface area (Å²) in [6, 6.07) is 26.0. The van der Waals surface area contributed by atoms with Crippen LogP contribution in [0.4, 0.5) is 5.69 Å². The van der Waals surface area contributed by atoms with Gasteiger partial charge in [0.05, 0.1) is 6.61 Å². The minimum atomic E-state index is -0.527. The fraction of sp³-hybridized carbons (Fsp3) is 0.0625. The van der Waals surface area contributed by atoms with Crippen molar-refractivity contribution in [1.82, 2.24) is 10.3 Å². The Kier molecular flexibility index (Phi) is 9.13. The zero-order valence-electron chi connectivity index (χ0n) is 21.3. The van der Waals surface area contributed by atoms with Gasteiger partial charge in [-0.3, -0.25) is 19.4 Å². The number of allylic oxidation sites excluding steroid dienone is 1. The number of anilines is 1. The molecule has 0 spiro atoms. The molecule has 0 fully saturated rings. The Bertz CT molecular complexity index is 1500. The van der Waals surface area contributed by atoms with Crippen molar-refractivity contribution in [2.24, 2.45) is 0 Å². The van der Waals surface area contributed by atoms with Crippen LogP contribution in [-0.2, 0) is 4.79 Å². The van der Waals surface area contributed by atoms with E-state index in [4.69, 9.17) is 4.74 Å². The molecule has 0 unspecified atom stereocenters. The van der Waals surface area contributed by atoms with E-state index in [1.807, 2.05) is 31.2 Å². The van der Waals surface area contributed by atoms with Crippen molar-refractivity contribution in [3.05, 3.63) is 137 Å². The van der Waals surface area contributed by atoms with Gasteiger partial charge in [0.25, 0.3) is 11.8 Å². The molecule has 1 heterocycles. The number of hydrogen-bond donors (Lipinski definition) is 2. The summed E-state index contributed by atoms with van der Waals surface area (Å²) in [5, 5.41) is 5.51. The van der Waals surface area contributed by atoms with Gasteiger partial charge in [0.15, 0.2) is 5.78 Å². The number of ketones is 1. The summed E-state index contributed by atoms with van der Waals surface area (Å²) >= 11 is 0. The number of aromatic nitrogens is 1. The molecular formula is C32H27N3O4. The molecule has 0 saturated carbocycles. The van der Waals surface area contributed by atoms with Crippen molar-refractivity contribution in [1.29, 1.82) is 0 Å². The first kappa shape index (κ1) is 26.8. The van der Waals surface area contributed by atoms with Crippen LogP contribution in [0.2, 0.25) is 0 Å². The third kappa shape index (κ3) is 7.60. The summed E-state index contributed by atoms with van der Waals surface area (Å²) in [5.41, 5.74) is 2.83. The molecule has 0 saturated heterocycles. The van der Waals surface area contributed by atoms with Gasteiger partial charge in [-0.25, -0.2) is 0 Å². The Labute approximate surface area is 226 Å². The quantitative estimate of drug-likeness (QED) is 0.205. The molecule has 7 nitrogen and oxygen atoms in total. The van der Waals surface area contributed by atoms with Crippen LogP contribution >= 0.6 is 0 Å². The van der Waals surface area contributed by atoms with Crippen molar-refractivity contribution >= 4 is 35.4 Å². The number of benzene rings is 3. The Morgan fingerprint density at radius 2 is 1.59 bits per heavy atom. The van der Waals surface area contributed by atoms with Crippen LogP contribution in [0.3, 0.4) is 0 Å². The predicted octanol–water partition coefficient (Wildman–Crippen LogP) is 5.79. The van der Waals surface area contributed by atoms with E-state index in [0.29, 0.717) is 34.7 Å². The van der Waals surface area contributed by atoms with Gasteiger partial charge in [-0.05, 0) is 79.2 Å². The molecule has 3 aromatic carbocycles. The fourth-order valence-corrected chi connectivity index (χ4v) is 3.64. The highest BCUT2D eigenvalue weighted by Gasteiger charge is 2.16. The van der Waals surface area contributed by atoms with Gasteiger partial charge in [0.1, 0.15) is 11.4 Å². The summed E-state index contributed by atoms with van der Waals surface area (Å²) in [4.78, 5) is 42.8. The highest BCUT2D eigenvalue weighted by molar-refractivity contribution is 6.11. The molecule has 4 rings (SSSR count). The van der Waals surface area contributed by atoms with Crippen LogP contribution in [0.1, 0.15) is 38.8 Å². The average Bonchev–Trinajstić information content (AvgIpc) is 2.98. The van der Waals surface area contributed by atoms with E-state index >= 15 is 0 Å². The molecule has 2 N–H and O–H groups in total. The van der Waals surface area contributed by atoms with E-state index in [0.717, 1.165) is 5.56 Å². The van der Waals surface area contributed by atoms with Crippen LogP contribution in [0.5, 0.6) is 5.75 Å². The van der Waals surface area contributed by atoms with Crippen molar-refractivity contribution in [3.8, 4) is 5.75 Å². The zero-order chi connectivity index (χ0) is 27.5. The second-order valence-electron chi connectivity index (χ2n) is 8.36. The Morgan fingerprint density at radius 3 is 2.31 bits per heavy atom. The topological polar surface area (TPSA) is 97.4 Å². The lowest BCUT2D eigenvalue weighted by Gasteiger charge is -2.13. The molecule has 7 heteroatoms. The molecule has 0 aliphatic carbocycles. The third-order valence-electron chi connectivity index (χ3n) is 5.59. The number of nitrogens with zero attached hydrogens (tertiary/aromatic N) is 1. The SMILES string of the molecule is CCOc1ccccc1/C=C(\NC(=O)c1ccccc1)C(=O)Nc1ccc(C(=O)/C=C/c2cccnc2)cc1. The summed E-state index contributed by atoms with van der Waals surface area (Å²) in [6.07, 6.45) is 8.06. The lowest BCUT2D eigenvalue weighted by Crippen LogP contribution is -2.30. The van der Waals surface area contributed by atoms with Crippen LogP contribution in [0, 0.1) is 0 Å². The maximum atomic E-state index is 13.3. The Morgan fingerprint density at radius 1 is 0.846 bits per heavy atom. The maximum Gasteiger partial charge on any atom is 0.272 e. The van der Waals surface area contributed by atoms with Crippen LogP contribution in [0.15, 0.2) is 115 Å². The number of rotatable bonds is 10. The van der Waals surface area contributed by atoms with Gasteiger partial charge in [-0.15, -0.1) is 0 Å². The lowest BCUT2D eigenvalue weighted by molar-refractivity contribution is -0.113. The summed E-state index contributed by atoms with van der Waals surface area (Å²) in [6.45, 7) is 2.32. The smallest absolute Gasteiger partial charge is 0.272 e. The Balaban J connectivity index is 1.53. The standard InChI is InChI=1S/C32H27N3O4/c1-2-39-30-13-7-6-12-26(30)21-28(35-31(37)25-10-4-3-5-11-25)32(38)34-27-17-15-24(16-18-27)29(36)19-14-23-9-8-20-33-22-23/h3-22H,2H2,1H3,(H,34,38)(H,35,37)/b19-14+,28-21-. The van der Waals surface area contributed by atoms with Gasteiger partial charge in [-0.1, -0.05) is 42.5 Å². The molecule has 0 atom stereocenters. The van der Waals surface area contributed by atoms with E-state index in [2.05, 4.69) is 15.6 Å². The first-order chi connectivity index (χ1) is 19.0. The number of para-hydroxylation sites is 1. The number of carbonyl (C=O) groups is 3. The normalized spacial score (nSPS) is 11.2. The average molecular weight is 518 g/mol. The van der Waals surface area contributed by atoms with Gasteiger partial charge < -0.3 is 15.4 Å². The van der Waals surface area contributed by atoms with E-state index in [1.165, 1.54) is 6.08 Å². The number of pyridine rings is 1. The van der Waals surface area contributed by atoms with E-state index in [-0.39, 0.29) is 11.5 Å². The monoisotopic (exact) mass is 517 g/mol. The number of nitrogens with one attached hydrogen (secondary N) is 2. The summed E-state index contributed by atoms with van der Waals surface area (Å²) in [7, 11) is 0. The minimum absolute atomic E-state index is 0.0376. The fourth-order valence-electron chi connectivity index (χ4n) is 3.64. The number of ether oxygens (including phenoxy) is 1. The van der Waals surface area contributed by atoms with Gasteiger partial charge in [0.2, 0.25) is 0 Å². The second kappa shape index (κ2) is 13.3. The number of carbonyl (C=O) groups excluding carboxylic acids is 3. The molecule has 39 heavy (non-hydrogen) atoms. The van der Waals surface area contributed by atoms with E-state index in [9.17, 15) is 14.4 Å². The first-order valence-corrected chi connectivity index (χ1v) is 12.4. The van der Waals surface area contributed by atoms with Crippen molar-refractivity contribution in [2.45, 2.75) is 6.92 Å². The van der Waals surface area contributed by atoms with Crippen molar-refractivity contribution in [2.75, 3.05) is 11.9 Å². The highest BCUT2D eigenvalue weighted by Crippen LogP contribution is 2.21. The number of amides is 2. The molecule has 194 valence electrons. The highest BCUT2D eigenvalue weighted by atomic mass is 16.5. The molecular weight excluding hydrogens is 490 g/mol. The van der Waals surface area contributed by atoms with Crippen LogP contribution < -0.4 is 15.4 Å². The van der Waals surface area contributed by atoms with Gasteiger partial charge in [-0.2, -0.15) is 0 Å². The number of hydrogen-bond acceptors (Lipinski definition) is 5. The minimum Gasteiger partial charge on any atom is -0.493 e. The third-order valence-corrected chi connectivity index (χ3v) is 5.59. The van der Waals surface area contributed by atoms with Crippen molar-refractivity contribution in [3.63, 3.8) is 0 Å². The zero-order valence-corrected chi connectivity index (χ0v) is 21.3. The van der Waals surface area contributed by atoms with Crippen LogP contribution in [-0.4, -0.2) is 29.2 Å². The van der Waals surface area contributed by atoms with E-state index in [1.54, 1.807) is 91.3 Å². The molecule has 0 aliphatic heterocycles. The first-order valence-electron chi connectivity index (χ1n) is 12.4. The summed E-state index contributed by atoms with van der Waals surface area (Å²) < 4.78 is 5.68. The summed E-state index contributed by atoms with van der Waals surface area (Å²) in [5.74, 6) is -0.546. The molecule has 1 aromatic heterocycles. The molecule has 0 aliphatic rings. The van der Waals surface area contributed by atoms with Gasteiger partial charge in [0, 0.05) is 34.8 Å². The van der Waals surface area contributed by atoms with Crippen LogP contribution in [0.25, 0.3) is 12.2 Å². The Hall–Kier alpha value is -5.30. The lowest BCUT2D eigenvalue weighted by atomic mass is 10.1. The van der Waals surface area contributed by atoms with Crippen molar-refractivity contribution < 1.29 is 19.1 Å².